The first-order valence-corrected chi connectivity index (χ1v) is 9.40. The lowest BCUT2D eigenvalue weighted by molar-refractivity contribution is 0.167. The fourth-order valence-electron chi connectivity index (χ4n) is 3.61. The van der Waals surface area contributed by atoms with Gasteiger partial charge in [0.1, 0.15) is 0 Å². The van der Waals surface area contributed by atoms with Crippen LogP contribution in [0.3, 0.4) is 0 Å². The van der Waals surface area contributed by atoms with Crippen LogP contribution < -0.4 is 5.32 Å². The molecule has 1 saturated heterocycles. The Morgan fingerprint density at radius 2 is 2.12 bits per heavy atom. The van der Waals surface area contributed by atoms with Crippen molar-refractivity contribution in [1.82, 2.24) is 14.7 Å². The first-order valence-electron chi connectivity index (χ1n) is 9.40. The summed E-state index contributed by atoms with van der Waals surface area (Å²) in [5.74, 6) is 0.451. The molecule has 2 aliphatic rings. The number of ether oxygens (including phenoxy) is 1. The summed E-state index contributed by atoms with van der Waals surface area (Å²) in [6.07, 6.45) is 3.24. The summed E-state index contributed by atoms with van der Waals surface area (Å²) in [6.45, 7) is 6.35. The van der Waals surface area contributed by atoms with Crippen LogP contribution in [0.2, 0.25) is 0 Å². The molecule has 26 heavy (non-hydrogen) atoms. The van der Waals surface area contributed by atoms with Crippen molar-refractivity contribution in [2.24, 2.45) is 5.92 Å². The number of para-hydroxylation sites is 2. The maximum Gasteiger partial charge on any atom is 0.322 e. The topological polar surface area (TPSA) is 59.4 Å². The number of benzene rings is 1. The van der Waals surface area contributed by atoms with Crippen LogP contribution >= 0.6 is 0 Å². The van der Waals surface area contributed by atoms with E-state index in [1.165, 1.54) is 0 Å². The molecule has 2 heterocycles. The van der Waals surface area contributed by atoms with Gasteiger partial charge in [0.05, 0.1) is 23.7 Å². The number of hydrogen-bond donors (Lipinski definition) is 1. The van der Waals surface area contributed by atoms with Crippen LogP contribution in [0, 0.1) is 19.8 Å². The summed E-state index contributed by atoms with van der Waals surface area (Å²) in [6, 6.07) is 10.2. The van der Waals surface area contributed by atoms with Gasteiger partial charge in [-0.3, -0.25) is 0 Å². The van der Waals surface area contributed by atoms with E-state index in [9.17, 15) is 4.79 Å². The predicted molar refractivity (Wildman–Crippen MR) is 101 cm³/mol. The molecule has 1 N–H and O–H groups in total. The average Bonchev–Trinajstić information content (AvgIpc) is 3.22. The molecular formula is C20H26N4O2. The number of hydrogen-bond acceptors (Lipinski definition) is 3. The largest absolute Gasteiger partial charge is 0.381 e. The van der Waals surface area contributed by atoms with Gasteiger partial charge in [-0.2, -0.15) is 5.10 Å². The quantitative estimate of drug-likeness (QED) is 0.894. The molecule has 0 spiro atoms. The lowest BCUT2D eigenvalue weighted by Crippen LogP contribution is -2.40. The molecule has 0 unspecified atom stereocenters. The van der Waals surface area contributed by atoms with E-state index >= 15 is 0 Å². The number of anilines is 1. The molecule has 2 fully saturated rings. The smallest absolute Gasteiger partial charge is 0.322 e. The maximum absolute atomic E-state index is 13.0. The SMILES string of the molecule is Cc1cc(C)n(-c2ccccc2NC(=O)N(C[C@@H]2CCOC2)C2CC2)n1. The Morgan fingerprint density at radius 3 is 2.77 bits per heavy atom. The number of carbonyl (C=O) groups is 1. The third-order valence-corrected chi connectivity index (χ3v) is 5.11. The van der Waals surface area contributed by atoms with Gasteiger partial charge in [0.25, 0.3) is 0 Å². The number of amides is 2. The fraction of sp³-hybridized carbons (Fsp3) is 0.500. The third-order valence-electron chi connectivity index (χ3n) is 5.11. The summed E-state index contributed by atoms with van der Waals surface area (Å²) < 4.78 is 7.36. The molecule has 0 bridgehead atoms. The van der Waals surface area contributed by atoms with Crippen LogP contribution in [0.25, 0.3) is 5.69 Å². The first-order chi connectivity index (χ1) is 12.6. The van der Waals surface area contributed by atoms with Gasteiger partial charge in [0.15, 0.2) is 0 Å². The van der Waals surface area contributed by atoms with Gasteiger partial charge < -0.3 is 15.0 Å². The Kier molecular flexibility index (Phi) is 4.68. The Hall–Kier alpha value is -2.34. The molecule has 138 valence electrons. The summed E-state index contributed by atoms with van der Waals surface area (Å²) >= 11 is 0. The van der Waals surface area contributed by atoms with E-state index in [0.717, 1.165) is 61.8 Å². The number of aryl methyl sites for hydroxylation is 2. The van der Waals surface area contributed by atoms with Gasteiger partial charge in [-0.05, 0) is 51.3 Å². The van der Waals surface area contributed by atoms with E-state index in [4.69, 9.17) is 4.74 Å². The van der Waals surface area contributed by atoms with Crippen molar-refractivity contribution < 1.29 is 9.53 Å². The zero-order valence-corrected chi connectivity index (χ0v) is 15.4. The highest BCUT2D eigenvalue weighted by Gasteiger charge is 2.35. The van der Waals surface area contributed by atoms with Crippen molar-refractivity contribution in [2.75, 3.05) is 25.1 Å². The number of urea groups is 1. The fourth-order valence-corrected chi connectivity index (χ4v) is 3.61. The van der Waals surface area contributed by atoms with Crippen molar-refractivity contribution in [3.05, 3.63) is 41.7 Å². The second-order valence-electron chi connectivity index (χ2n) is 7.40. The zero-order valence-electron chi connectivity index (χ0n) is 15.4. The molecule has 1 saturated carbocycles. The molecule has 6 nitrogen and oxygen atoms in total. The van der Waals surface area contributed by atoms with E-state index in [0.29, 0.717) is 12.0 Å². The minimum absolute atomic E-state index is 0.0200. The zero-order chi connectivity index (χ0) is 18.1. The maximum atomic E-state index is 13.0. The normalized spacial score (nSPS) is 19.5. The van der Waals surface area contributed by atoms with Crippen molar-refractivity contribution in [3.63, 3.8) is 0 Å². The molecule has 1 atom stereocenters. The number of nitrogens with zero attached hydrogens (tertiary/aromatic N) is 3. The summed E-state index contributed by atoms with van der Waals surface area (Å²) in [5, 5.41) is 7.69. The second-order valence-corrected chi connectivity index (χ2v) is 7.40. The Balaban J connectivity index is 1.54. The highest BCUT2D eigenvalue weighted by atomic mass is 16.5. The monoisotopic (exact) mass is 354 g/mol. The van der Waals surface area contributed by atoms with Gasteiger partial charge in [-0.15, -0.1) is 0 Å². The molecule has 2 amide bonds. The highest BCUT2D eigenvalue weighted by molar-refractivity contribution is 5.92. The standard InChI is InChI=1S/C20H26N4O2/c1-14-11-15(2)24(22-14)19-6-4-3-5-18(19)21-20(25)23(17-7-8-17)12-16-9-10-26-13-16/h3-6,11,16-17H,7-10,12-13H2,1-2H3,(H,21,25)/t16-/m0/s1. The lowest BCUT2D eigenvalue weighted by atomic mass is 10.1. The highest BCUT2D eigenvalue weighted by Crippen LogP contribution is 2.30. The third kappa shape index (κ3) is 3.60. The lowest BCUT2D eigenvalue weighted by Gasteiger charge is -2.26. The van der Waals surface area contributed by atoms with Crippen molar-refractivity contribution in [3.8, 4) is 5.69 Å². The Bertz CT molecular complexity index is 791. The molecule has 1 aromatic heterocycles. The molecule has 1 aliphatic carbocycles. The van der Waals surface area contributed by atoms with Crippen molar-refractivity contribution in [2.45, 2.75) is 39.2 Å². The molecule has 1 aromatic carbocycles. The Morgan fingerprint density at radius 1 is 1.31 bits per heavy atom. The molecule has 2 aromatic rings. The number of rotatable bonds is 5. The minimum Gasteiger partial charge on any atom is -0.381 e. The van der Waals surface area contributed by atoms with Gasteiger partial charge in [0.2, 0.25) is 0 Å². The number of aromatic nitrogens is 2. The van der Waals surface area contributed by atoms with Crippen LogP contribution in [-0.2, 0) is 4.74 Å². The Labute approximate surface area is 154 Å². The van der Waals surface area contributed by atoms with Crippen LogP contribution in [0.5, 0.6) is 0 Å². The van der Waals surface area contributed by atoms with E-state index < -0.39 is 0 Å². The van der Waals surface area contributed by atoms with Crippen molar-refractivity contribution >= 4 is 11.7 Å². The van der Waals surface area contributed by atoms with E-state index in [2.05, 4.69) is 10.4 Å². The van der Waals surface area contributed by atoms with Crippen LogP contribution in [-0.4, -0.2) is 46.5 Å². The molecule has 4 rings (SSSR count). The molecular weight excluding hydrogens is 328 g/mol. The first kappa shape index (κ1) is 17.1. The van der Waals surface area contributed by atoms with Gasteiger partial charge in [-0.25, -0.2) is 9.48 Å². The van der Waals surface area contributed by atoms with Gasteiger partial charge >= 0.3 is 6.03 Å². The van der Waals surface area contributed by atoms with Gasteiger partial charge in [-0.1, -0.05) is 12.1 Å². The summed E-state index contributed by atoms with van der Waals surface area (Å²) in [7, 11) is 0. The second kappa shape index (κ2) is 7.11. The summed E-state index contributed by atoms with van der Waals surface area (Å²) in [4.78, 5) is 15.0. The van der Waals surface area contributed by atoms with Crippen LogP contribution in [0.1, 0.15) is 30.7 Å². The van der Waals surface area contributed by atoms with Crippen molar-refractivity contribution in [1.29, 1.82) is 0 Å². The minimum atomic E-state index is -0.0200. The average molecular weight is 354 g/mol. The van der Waals surface area contributed by atoms with Crippen LogP contribution in [0.15, 0.2) is 30.3 Å². The molecule has 6 heteroatoms. The molecule has 1 aliphatic heterocycles. The predicted octanol–water partition coefficient (Wildman–Crippen LogP) is 3.52. The number of carbonyl (C=O) groups excluding carboxylic acids is 1. The summed E-state index contributed by atoms with van der Waals surface area (Å²) in [5.41, 5.74) is 3.69. The van der Waals surface area contributed by atoms with Gasteiger partial charge in [0, 0.05) is 30.8 Å². The number of nitrogens with one attached hydrogen (secondary N) is 1. The van der Waals surface area contributed by atoms with Crippen LogP contribution in [0.4, 0.5) is 10.5 Å². The van der Waals surface area contributed by atoms with E-state index in [-0.39, 0.29) is 6.03 Å². The molecule has 0 radical (unpaired) electrons. The van der Waals surface area contributed by atoms with E-state index in [1.807, 2.05) is 53.8 Å². The van der Waals surface area contributed by atoms with E-state index in [1.54, 1.807) is 0 Å².